The zero-order chi connectivity index (χ0) is 13.8. The second-order valence-corrected chi connectivity index (χ2v) is 6.41. The Labute approximate surface area is 107 Å². The molecule has 1 aromatic carbocycles. The Kier molecular flexibility index (Phi) is 4.86. The van der Waals surface area contributed by atoms with Gasteiger partial charge in [0.25, 0.3) is 0 Å². The molecule has 0 aliphatic carbocycles. The van der Waals surface area contributed by atoms with Gasteiger partial charge in [-0.2, -0.15) is 0 Å². The molecule has 0 radical (unpaired) electrons. The van der Waals surface area contributed by atoms with Crippen LogP contribution in [0.2, 0.25) is 0 Å². The lowest BCUT2D eigenvalue weighted by molar-refractivity contribution is -0.113. The molecule has 0 fully saturated rings. The van der Waals surface area contributed by atoms with Crippen molar-refractivity contribution >= 4 is 21.4 Å². The smallest absolute Gasteiger partial charge is 0.239 e. The van der Waals surface area contributed by atoms with Crippen LogP contribution in [0.3, 0.4) is 0 Å². The molecule has 1 amide bonds. The molecule has 0 bridgehead atoms. The summed E-state index contributed by atoms with van der Waals surface area (Å²) >= 11 is 0. The molecule has 0 aliphatic heterocycles. The highest BCUT2D eigenvalue weighted by Gasteiger charge is 2.15. The number of hydrogen-bond acceptors (Lipinski definition) is 4. The number of amides is 1. The predicted octanol–water partition coefficient (Wildman–Crippen LogP) is 0.615. The number of nitrogens with one attached hydrogen (secondary N) is 1. The van der Waals surface area contributed by atoms with E-state index in [2.05, 4.69) is 5.32 Å². The third-order valence-electron chi connectivity index (χ3n) is 2.57. The predicted molar refractivity (Wildman–Crippen MR) is 72.3 cm³/mol. The zero-order valence-corrected chi connectivity index (χ0v) is 11.4. The Morgan fingerprint density at radius 3 is 2.50 bits per heavy atom. The molecule has 6 heteroatoms. The SMILES string of the molecule is Cc1ccc(NC(=O)CS(=O)(=O)CCN)cc1C. The average molecular weight is 270 g/mol. The second kappa shape index (κ2) is 5.97. The fraction of sp³-hybridized carbons (Fsp3) is 0.417. The van der Waals surface area contributed by atoms with E-state index in [4.69, 9.17) is 5.73 Å². The van der Waals surface area contributed by atoms with E-state index >= 15 is 0 Å². The Morgan fingerprint density at radius 1 is 1.28 bits per heavy atom. The highest BCUT2D eigenvalue weighted by Crippen LogP contribution is 2.14. The molecule has 18 heavy (non-hydrogen) atoms. The molecular weight excluding hydrogens is 252 g/mol. The van der Waals surface area contributed by atoms with Crippen LogP contribution in [0, 0.1) is 13.8 Å². The first-order valence-corrected chi connectivity index (χ1v) is 7.44. The maximum absolute atomic E-state index is 11.6. The number of aryl methyl sites for hydroxylation is 2. The van der Waals surface area contributed by atoms with Gasteiger partial charge in [-0.1, -0.05) is 6.07 Å². The second-order valence-electron chi connectivity index (χ2n) is 4.23. The molecule has 1 aromatic rings. The molecule has 0 unspecified atom stereocenters. The molecule has 0 saturated heterocycles. The normalized spacial score (nSPS) is 11.3. The summed E-state index contributed by atoms with van der Waals surface area (Å²) in [6.07, 6.45) is 0. The van der Waals surface area contributed by atoms with Crippen molar-refractivity contribution in [1.29, 1.82) is 0 Å². The van der Waals surface area contributed by atoms with Gasteiger partial charge in [0.1, 0.15) is 5.75 Å². The van der Waals surface area contributed by atoms with Gasteiger partial charge in [-0.3, -0.25) is 4.79 Å². The minimum atomic E-state index is -3.41. The number of carbonyl (C=O) groups excluding carboxylic acids is 1. The molecular formula is C12H18N2O3S. The van der Waals surface area contributed by atoms with E-state index in [1.807, 2.05) is 26.0 Å². The first-order chi connectivity index (χ1) is 8.34. The van der Waals surface area contributed by atoms with Crippen LogP contribution in [-0.4, -0.2) is 32.4 Å². The van der Waals surface area contributed by atoms with Crippen molar-refractivity contribution in [3.8, 4) is 0 Å². The first kappa shape index (κ1) is 14.7. The standard InChI is InChI=1S/C12H18N2O3S/c1-9-3-4-11(7-10(9)2)14-12(15)8-18(16,17)6-5-13/h3-4,7H,5-6,8,13H2,1-2H3,(H,14,15). The summed E-state index contributed by atoms with van der Waals surface area (Å²) in [6.45, 7) is 3.92. The molecule has 0 aromatic heterocycles. The van der Waals surface area contributed by atoms with Crippen LogP contribution < -0.4 is 11.1 Å². The van der Waals surface area contributed by atoms with Gasteiger partial charge in [-0.15, -0.1) is 0 Å². The molecule has 1 rings (SSSR count). The summed E-state index contributed by atoms with van der Waals surface area (Å²) in [6, 6.07) is 5.43. The number of hydrogen-bond donors (Lipinski definition) is 2. The lowest BCUT2D eigenvalue weighted by Crippen LogP contribution is -2.27. The number of benzene rings is 1. The van der Waals surface area contributed by atoms with Gasteiger partial charge in [0.05, 0.1) is 5.75 Å². The van der Waals surface area contributed by atoms with Crippen LogP contribution in [0.25, 0.3) is 0 Å². The van der Waals surface area contributed by atoms with Crippen molar-refractivity contribution in [2.45, 2.75) is 13.8 Å². The van der Waals surface area contributed by atoms with E-state index in [0.717, 1.165) is 11.1 Å². The van der Waals surface area contributed by atoms with Gasteiger partial charge in [-0.05, 0) is 37.1 Å². The lowest BCUT2D eigenvalue weighted by atomic mass is 10.1. The fourth-order valence-electron chi connectivity index (χ4n) is 1.47. The van der Waals surface area contributed by atoms with E-state index in [-0.39, 0.29) is 12.3 Å². The fourth-order valence-corrected chi connectivity index (χ4v) is 2.44. The van der Waals surface area contributed by atoms with E-state index in [1.54, 1.807) is 6.07 Å². The highest BCUT2D eigenvalue weighted by molar-refractivity contribution is 7.92. The Balaban J connectivity index is 2.68. The highest BCUT2D eigenvalue weighted by atomic mass is 32.2. The van der Waals surface area contributed by atoms with Gasteiger partial charge in [0.15, 0.2) is 9.84 Å². The van der Waals surface area contributed by atoms with E-state index in [9.17, 15) is 13.2 Å². The van der Waals surface area contributed by atoms with Crippen LogP contribution >= 0.6 is 0 Å². The van der Waals surface area contributed by atoms with Gasteiger partial charge in [-0.25, -0.2) is 8.42 Å². The monoisotopic (exact) mass is 270 g/mol. The third kappa shape index (κ3) is 4.46. The molecule has 0 heterocycles. The van der Waals surface area contributed by atoms with Crippen molar-refractivity contribution in [3.05, 3.63) is 29.3 Å². The van der Waals surface area contributed by atoms with Crippen molar-refractivity contribution < 1.29 is 13.2 Å². The maximum atomic E-state index is 11.6. The molecule has 0 aliphatic rings. The third-order valence-corrected chi connectivity index (χ3v) is 4.13. The summed E-state index contributed by atoms with van der Waals surface area (Å²) in [7, 11) is -3.41. The van der Waals surface area contributed by atoms with Gasteiger partial charge in [0, 0.05) is 12.2 Å². The molecule has 5 nitrogen and oxygen atoms in total. The number of sulfone groups is 1. The molecule has 0 saturated carbocycles. The minimum Gasteiger partial charge on any atom is -0.329 e. The Bertz CT molecular complexity index is 538. The summed E-state index contributed by atoms with van der Waals surface area (Å²) in [5.41, 5.74) is 7.93. The first-order valence-electron chi connectivity index (χ1n) is 5.61. The van der Waals surface area contributed by atoms with Gasteiger partial charge in [0.2, 0.25) is 5.91 Å². The Hall–Kier alpha value is -1.40. The van der Waals surface area contributed by atoms with E-state index < -0.39 is 21.5 Å². The number of rotatable bonds is 5. The number of nitrogens with two attached hydrogens (primary N) is 1. The summed E-state index contributed by atoms with van der Waals surface area (Å²) in [4.78, 5) is 11.6. The maximum Gasteiger partial charge on any atom is 0.239 e. The zero-order valence-electron chi connectivity index (χ0n) is 10.6. The van der Waals surface area contributed by atoms with Crippen molar-refractivity contribution in [1.82, 2.24) is 0 Å². The molecule has 0 spiro atoms. The molecule has 0 atom stereocenters. The summed E-state index contributed by atoms with van der Waals surface area (Å²) in [5.74, 6) is -1.24. The quantitative estimate of drug-likeness (QED) is 0.820. The van der Waals surface area contributed by atoms with Crippen LogP contribution in [0.4, 0.5) is 5.69 Å². The lowest BCUT2D eigenvalue weighted by Gasteiger charge is -2.08. The number of carbonyl (C=O) groups is 1. The average Bonchev–Trinajstić information content (AvgIpc) is 2.22. The van der Waals surface area contributed by atoms with Gasteiger partial charge >= 0.3 is 0 Å². The largest absolute Gasteiger partial charge is 0.329 e. The molecule has 100 valence electrons. The van der Waals surface area contributed by atoms with Crippen LogP contribution in [0.5, 0.6) is 0 Å². The summed E-state index contributed by atoms with van der Waals surface area (Å²) < 4.78 is 22.8. The minimum absolute atomic E-state index is 0.0270. The topological polar surface area (TPSA) is 89.3 Å². The van der Waals surface area contributed by atoms with Crippen LogP contribution in [-0.2, 0) is 14.6 Å². The van der Waals surface area contributed by atoms with E-state index in [1.165, 1.54) is 0 Å². The Morgan fingerprint density at radius 2 is 1.94 bits per heavy atom. The van der Waals surface area contributed by atoms with Crippen molar-refractivity contribution in [3.63, 3.8) is 0 Å². The molecule has 3 N–H and O–H groups in total. The summed E-state index contributed by atoms with van der Waals surface area (Å²) in [5, 5.41) is 2.57. The van der Waals surface area contributed by atoms with Crippen LogP contribution in [0.1, 0.15) is 11.1 Å². The van der Waals surface area contributed by atoms with E-state index in [0.29, 0.717) is 5.69 Å². The number of anilines is 1. The van der Waals surface area contributed by atoms with Crippen molar-refractivity contribution in [2.24, 2.45) is 5.73 Å². The van der Waals surface area contributed by atoms with Crippen LogP contribution in [0.15, 0.2) is 18.2 Å². The van der Waals surface area contributed by atoms with Gasteiger partial charge < -0.3 is 11.1 Å². The van der Waals surface area contributed by atoms with Crippen molar-refractivity contribution in [2.75, 3.05) is 23.4 Å².